The van der Waals surface area contributed by atoms with Crippen LogP contribution in [0.5, 0.6) is 0 Å². The average molecular weight is 403 g/mol. The lowest BCUT2D eigenvalue weighted by molar-refractivity contribution is 0.432. The van der Waals surface area contributed by atoms with Gasteiger partial charge in [-0.05, 0) is 54.4 Å². The molecule has 0 saturated heterocycles. The third-order valence-electron chi connectivity index (χ3n) is 4.50. The maximum atomic E-state index is 13.2. The highest BCUT2D eigenvalue weighted by Crippen LogP contribution is 2.22. The summed E-state index contributed by atoms with van der Waals surface area (Å²) in [5.41, 5.74) is 8.42. The predicted molar refractivity (Wildman–Crippen MR) is 109 cm³/mol. The Balaban J connectivity index is 1.39. The number of aromatic nitrogens is 4. The SMILES string of the molecule is N#Cc1c(CCCNc2noc(-c3ccccc3)n2)nn(-c2ccc(F)cc2)c1N. The van der Waals surface area contributed by atoms with E-state index in [1.807, 2.05) is 30.3 Å². The molecule has 0 aliphatic carbocycles. The minimum absolute atomic E-state index is 0.234. The lowest BCUT2D eigenvalue weighted by Crippen LogP contribution is -2.05. The predicted octanol–water partition coefficient (Wildman–Crippen LogP) is 3.56. The van der Waals surface area contributed by atoms with Crippen LogP contribution in [-0.4, -0.2) is 26.5 Å². The number of nitrogens with two attached hydrogens (primary N) is 1. The lowest BCUT2D eigenvalue weighted by atomic mass is 10.1. The molecule has 0 spiro atoms. The number of anilines is 2. The first-order chi connectivity index (χ1) is 14.7. The fraction of sp³-hybridized carbons (Fsp3) is 0.143. The smallest absolute Gasteiger partial charge is 0.263 e. The van der Waals surface area contributed by atoms with E-state index in [9.17, 15) is 9.65 Å². The zero-order chi connectivity index (χ0) is 20.9. The second-order valence-corrected chi connectivity index (χ2v) is 6.53. The Kier molecular flexibility index (Phi) is 5.39. The largest absolute Gasteiger partial charge is 0.382 e. The third-order valence-corrected chi connectivity index (χ3v) is 4.50. The molecule has 2 aromatic carbocycles. The Morgan fingerprint density at radius 3 is 2.63 bits per heavy atom. The van der Waals surface area contributed by atoms with Crippen molar-refractivity contribution in [2.24, 2.45) is 0 Å². The van der Waals surface area contributed by atoms with Crippen molar-refractivity contribution >= 4 is 11.8 Å². The van der Waals surface area contributed by atoms with E-state index in [4.69, 9.17) is 10.3 Å². The van der Waals surface area contributed by atoms with Crippen LogP contribution >= 0.6 is 0 Å². The van der Waals surface area contributed by atoms with E-state index < -0.39 is 0 Å². The molecule has 150 valence electrons. The first-order valence-electron chi connectivity index (χ1n) is 9.32. The Hall–Kier alpha value is -4.19. The van der Waals surface area contributed by atoms with Crippen molar-refractivity contribution in [3.05, 3.63) is 71.7 Å². The number of aryl methyl sites for hydroxylation is 1. The van der Waals surface area contributed by atoms with Crippen LogP contribution in [0.4, 0.5) is 16.2 Å². The number of nitrogens with zero attached hydrogens (tertiary/aromatic N) is 5. The molecule has 0 atom stereocenters. The van der Waals surface area contributed by atoms with Crippen molar-refractivity contribution in [2.45, 2.75) is 12.8 Å². The van der Waals surface area contributed by atoms with Crippen LogP contribution < -0.4 is 11.1 Å². The van der Waals surface area contributed by atoms with Crippen LogP contribution in [0.3, 0.4) is 0 Å². The molecule has 0 fully saturated rings. The summed E-state index contributed by atoms with van der Waals surface area (Å²) in [4.78, 5) is 4.31. The molecular formula is C21H18FN7O. The molecule has 2 heterocycles. The summed E-state index contributed by atoms with van der Waals surface area (Å²) in [5, 5.41) is 20.9. The fourth-order valence-corrected chi connectivity index (χ4v) is 3.00. The molecule has 4 aromatic rings. The molecule has 30 heavy (non-hydrogen) atoms. The van der Waals surface area contributed by atoms with E-state index in [2.05, 4.69) is 26.6 Å². The first kappa shape index (κ1) is 19.1. The van der Waals surface area contributed by atoms with Gasteiger partial charge in [-0.25, -0.2) is 9.07 Å². The van der Waals surface area contributed by atoms with E-state index >= 15 is 0 Å². The molecule has 9 heteroatoms. The van der Waals surface area contributed by atoms with Gasteiger partial charge in [0.1, 0.15) is 23.3 Å². The third kappa shape index (κ3) is 3.98. The number of hydrogen-bond acceptors (Lipinski definition) is 7. The zero-order valence-corrected chi connectivity index (χ0v) is 15.9. The van der Waals surface area contributed by atoms with Gasteiger partial charge in [-0.1, -0.05) is 18.2 Å². The average Bonchev–Trinajstić information content (AvgIpc) is 3.37. The molecule has 0 aliphatic rings. The molecule has 0 amide bonds. The highest BCUT2D eigenvalue weighted by Gasteiger charge is 2.16. The Bertz CT molecular complexity index is 1180. The summed E-state index contributed by atoms with van der Waals surface area (Å²) in [6.45, 7) is 0.557. The number of nitrogen functional groups attached to an aromatic ring is 1. The van der Waals surface area contributed by atoms with Gasteiger partial charge < -0.3 is 15.6 Å². The van der Waals surface area contributed by atoms with Crippen molar-refractivity contribution in [2.75, 3.05) is 17.6 Å². The number of hydrogen-bond donors (Lipinski definition) is 2. The molecule has 0 radical (unpaired) electrons. The van der Waals surface area contributed by atoms with Crippen molar-refractivity contribution in [3.8, 4) is 23.2 Å². The van der Waals surface area contributed by atoms with Gasteiger partial charge in [-0.3, -0.25) is 0 Å². The maximum Gasteiger partial charge on any atom is 0.263 e. The van der Waals surface area contributed by atoms with Crippen molar-refractivity contribution in [3.63, 3.8) is 0 Å². The van der Waals surface area contributed by atoms with Crippen molar-refractivity contribution < 1.29 is 8.91 Å². The van der Waals surface area contributed by atoms with Crippen molar-refractivity contribution in [1.29, 1.82) is 5.26 Å². The number of benzene rings is 2. The molecule has 0 aliphatic heterocycles. The molecule has 3 N–H and O–H groups in total. The molecule has 0 saturated carbocycles. The minimum atomic E-state index is -0.354. The van der Waals surface area contributed by atoms with Gasteiger partial charge in [0.05, 0.1) is 11.4 Å². The minimum Gasteiger partial charge on any atom is -0.382 e. The van der Waals surface area contributed by atoms with E-state index in [-0.39, 0.29) is 11.6 Å². The Morgan fingerprint density at radius 2 is 1.90 bits per heavy atom. The van der Waals surface area contributed by atoms with Gasteiger partial charge in [0.25, 0.3) is 11.8 Å². The van der Waals surface area contributed by atoms with Crippen LogP contribution in [-0.2, 0) is 6.42 Å². The maximum absolute atomic E-state index is 13.2. The van der Waals surface area contributed by atoms with E-state index in [0.29, 0.717) is 48.2 Å². The van der Waals surface area contributed by atoms with E-state index in [1.165, 1.54) is 16.8 Å². The van der Waals surface area contributed by atoms with Crippen LogP contribution in [0.25, 0.3) is 17.1 Å². The fourth-order valence-electron chi connectivity index (χ4n) is 3.00. The van der Waals surface area contributed by atoms with Crippen LogP contribution in [0.2, 0.25) is 0 Å². The monoisotopic (exact) mass is 403 g/mol. The van der Waals surface area contributed by atoms with Crippen LogP contribution in [0.15, 0.2) is 59.1 Å². The summed E-state index contributed by atoms with van der Waals surface area (Å²) in [7, 11) is 0. The summed E-state index contributed by atoms with van der Waals surface area (Å²) < 4.78 is 19.9. The lowest BCUT2D eigenvalue weighted by Gasteiger charge is -2.03. The molecule has 8 nitrogen and oxygen atoms in total. The Labute approximate surface area is 171 Å². The second kappa shape index (κ2) is 8.45. The standard InChI is InChI=1S/C21H18FN7O/c22-15-8-10-16(11-9-15)29-19(24)17(13-23)18(27-29)7-4-12-25-21-26-20(30-28-21)14-5-2-1-3-6-14/h1-3,5-6,8-11H,4,7,12,24H2,(H,25,28). The first-order valence-corrected chi connectivity index (χ1v) is 9.32. The summed E-state index contributed by atoms with van der Waals surface area (Å²) >= 11 is 0. The molecule has 0 unspecified atom stereocenters. The molecular weight excluding hydrogens is 385 g/mol. The zero-order valence-electron chi connectivity index (χ0n) is 15.9. The van der Waals surface area contributed by atoms with Crippen LogP contribution in [0.1, 0.15) is 17.7 Å². The number of nitrogens with one attached hydrogen (secondary N) is 1. The van der Waals surface area contributed by atoms with Gasteiger partial charge in [0.15, 0.2) is 0 Å². The summed E-state index contributed by atoms with van der Waals surface area (Å²) in [6, 6.07) is 17.4. The summed E-state index contributed by atoms with van der Waals surface area (Å²) in [5.74, 6) is 0.715. The van der Waals surface area contributed by atoms with Crippen LogP contribution in [0, 0.1) is 17.1 Å². The van der Waals surface area contributed by atoms with Gasteiger partial charge in [-0.2, -0.15) is 15.3 Å². The number of rotatable bonds is 7. The quantitative estimate of drug-likeness (QED) is 0.453. The number of halogens is 1. The number of nitriles is 1. The van der Waals surface area contributed by atoms with Gasteiger partial charge in [0.2, 0.25) is 0 Å². The van der Waals surface area contributed by atoms with E-state index in [1.54, 1.807) is 12.1 Å². The second-order valence-electron chi connectivity index (χ2n) is 6.53. The highest BCUT2D eigenvalue weighted by molar-refractivity contribution is 5.56. The summed E-state index contributed by atoms with van der Waals surface area (Å²) in [6.07, 6.45) is 1.20. The topological polar surface area (TPSA) is 119 Å². The van der Waals surface area contributed by atoms with Gasteiger partial charge in [0, 0.05) is 12.1 Å². The molecule has 2 aromatic heterocycles. The van der Waals surface area contributed by atoms with Gasteiger partial charge >= 0.3 is 0 Å². The molecule has 0 bridgehead atoms. The highest BCUT2D eigenvalue weighted by atomic mass is 19.1. The van der Waals surface area contributed by atoms with E-state index in [0.717, 1.165) is 5.56 Å². The molecule has 4 rings (SSSR count). The van der Waals surface area contributed by atoms with Gasteiger partial charge in [-0.15, -0.1) is 0 Å². The van der Waals surface area contributed by atoms with Crippen molar-refractivity contribution in [1.82, 2.24) is 19.9 Å². The normalized spacial score (nSPS) is 10.7. The Morgan fingerprint density at radius 1 is 1.13 bits per heavy atom.